The van der Waals surface area contributed by atoms with Crippen molar-refractivity contribution in [3.05, 3.63) is 70.3 Å². The van der Waals surface area contributed by atoms with E-state index in [1.807, 2.05) is 6.07 Å². The lowest BCUT2D eigenvalue weighted by molar-refractivity contribution is -0.137. The summed E-state index contributed by atoms with van der Waals surface area (Å²) in [5.74, 6) is 0.563. The molecule has 3 aliphatic carbocycles. The van der Waals surface area contributed by atoms with Crippen molar-refractivity contribution in [1.82, 2.24) is 0 Å². The van der Waals surface area contributed by atoms with Crippen molar-refractivity contribution in [3.63, 3.8) is 0 Å². The topological polar surface area (TPSA) is 57.5 Å². The van der Waals surface area contributed by atoms with Crippen molar-refractivity contribution in [1.29, 1.82) is 0 Å². The van der Waals surface area contributed by atoms with E-state index in [9.17, 15) is 28.2 Å². The number of hydrogen-bond acceptors (Lipinski definition) is 3. The van der Waals surface area contributed by atoms with Crippen LogP contribution in [0.4, 0.5) is 13.2 Å². The van der Waals surface area contributed by atoms with Crippen LogP contribution in [0.15, 0.2) is 42.5 Å². The van der Waals surface area contributed by atoms with Crippen LogP contribution in [0.1, 0.15) is 77.6 Å². The predicted molar refractivity (Wildman–Crippen MR) is 124 cm³/mol. The van der Waals surface area contributed by atoms with E-state index in [0.717, 1.165) is 56.2 Å². The van der Waals surface area contributed by atoms with Crippen LogP contribution < -0.4 is 0 Å². The Morgan fingerprint density at radius 2 is 1.88 bits per heavy atom. The predicted octanol–water partition coefficient (Wildman–Crippen LogP) is 6.52. The average Bonchev–Trinajstić information content (AvgIpc) is 3.11. The maximum Gasteiger partial charge on any atom is 0.417 e. The van der Waals surface area contributed by atoms with Crippen molar-refractivity contribution in [2.24, 2.45) is 17.3 Å². The summed E-state index contributed by atoms with van der Waals surface area (Å²) < 4.78 is 39.9. The Bertz CT molecular complexity index is 1150. The van der Waals surface area contributed by atoms with E-state index in [2.05, 4.69) is 6.92 Å². The number of halogens is 3. The average molecular weight is 471 g/mol. The number of aliphatic hydroxyl groups excluding tert-OH is 1. The number of fused-ring (bicyclic) bond motifs is 5. The Labute approximate surface area is 197 Å². The summed E-state index contributed by atoms with van der Waals surface area (Å²) in [6.07, 6.45) is 3.36. The standard InChI is InChI=1S/C28H29F3O3/c1-27-13-12-18-19(22(27)9-11-26(27)34)8-6-16-15-25(33)17(14-21(16)18)7-10-24(32)20-4-2-3-5-23(20)28(29,30)31/h2-5,7,10,14-15,18-19,22,26,33-34H,6,8-9,11-13H2,1H3/b10-7+/t18-,19+,22-,26-,27-/m0/s1. The Hall–Kier alpha value is -2.60. The molecule has 5 atom stereocenters. The van der Waals surface area contributed by atoms with E-state index in [0.29, 0.717) is 23.3 Å². The van der Waals surface area contributed by atoms with Gasteiger partial charge in [-0.1, -0.05) is 25.1 Å². The molecule has 0 radical (unpaired) electrons. The SMILES string of the molecule is C[C@]12CC[C@@H]3c4cc(/C=C/C(=O)c5ccccc5C(F)(F)F)c(O)cc4CC[C@H]3[C@@H]1CC[C@@H]2O. The van der Waals surface area contributed by atoms with Crippen molar-refractivity contribution in [3.8, 4) is 5.75 Å². The first-order chi connectivity index (χ1) is 16.1. The van der Waals surface area contributed by atoms with Crippen molar-refractivity contribution >= 4 is 11.9 Å². The van der Waals surface area contributed by atoms with Crippen LogP contribution in [-0.4, -0.2) is 22.1 Å². The minimum atomic E-state index is -4.62. The number of benzene rings is 2. The van der Waals surface area contributed by atoms with Crippen LogP contribution in [0.2, 0.25) is 0 Å². The fraction of sp³-hybridized carbons (Fsp3) is 0.464. The molecule has 0 aliphatic heterocycles. The summed E-state index contributed by atoms with van der Waals surface area (Å²) in [6, 6.07) is 8.39. The van der Waals surface area contributed by atoms with E-state index >= 15 is 0 Å². The number of hydrogen-bond donors (Lipinski definition) is 2. The number of rotatable bonds is 3. The number of allylic oxidation sites excluding steroid dienone is 1. The zero-order chi connectivity index (χ0) is 24.3. The monoisotopic (exact) mass is 470 g/mol. The summed E-state index contributed by atoms with van der Waals surface area (Å²) in [7, 11) is 0. The Morgan fingerprint density at radius 3 is 2.65 bits per heavy atom. The fourth-order valence-electron chi connectivity index (χ4n) is 6.93. The lowest BCUT2D eigenvalue weighted by Crippen LogP contribution is -2.43. The van der Waals surface area contributed by atoms with Gasteiger partial charge in [-0.2, -0.15) is 13.2 Å². The molecule has 2 N–H and O–H groups in total. The van der Waals surface area contributed by atoms with Crippen LogP contribution in [-0.2, 0) is 12.6 Å². The molecule has 5 rings (SSSR count). The highest BCUT2D eigenvalue weighted by Crippen LogP contribution is 2.61. The van der Waals surface area contributed by atoms with Gasteiger partial charge in [-0.05, 0) is 103 Å². The van der Waals surface area contributed by atoms with Crippen molar-refractivity contribution < 1.29 is 28.2 Å². The number of aryl methyl sites for hydroxylation is 1. The van der Waals surface area contributed by atoms with Gasteiger partial charge in [-0.15, -0.1) is 0 Å². The van der Waals surface area contributed by atoms with Gasteiger partial charge in [-0.3, -0.25) is 4.79 Å². The number of ketones is 1. The smallest absolute Gasteiger partial charge is 0.417 e. The molecule has 0 unspecified atom stereocenters. The summed E-state index contributed by atoms with van der Waals surface area (Å²) in [6.45, 7) is 2.22. The van der Waals surface area contributed by atoms with Gasteiger partial charge in [0.25, 0.3) is 0 Å². The van der Waals surface area contributed by atoms with Crippen LogP contribution in [0, 0.1) is 17.3 Å². The van der Waals surface area contributed by atoms with Crippen LogP contribution in [0.3, 0.4) is 0 Å². The molecular formula is C28H29F3O3. The molecule has 2 fully saturated rings. The van der Waals surface area contributed by atoms with Crippen molar-refractivity contribution in [2.75, 3.05) is 0 Å². The number of carbonyl (C=O) groups is 1. The molecule has 3 aliphatic rings. The summed E-state index contributed by atoms with van der Waals surface area (Å²) in [4.78, 5) is 12.6. The number of phenolic OH excluding ortho intramolecular Hbond substituents is 1. The molecule has 0 aromatic heterocycles. The molecule has 0 bridgehead atoms. The van der Waals surface area contributed by atoms with Crippen LogP contribution in [0.25, 0.3) is 6.08 Å². The third-order valence-corrected chi connectivity index (χ3v) is 8.73. The maximum absolute atomic E-state index is 13.3. The number of alkyl halides is 3. The fourth-order valence-corrected chi connectivity index (χ4v) is 6.93. The van der Waals surface area contributed by atoms with Gasteiger partial charge in [0.15, 0.2) is 5.78 Å². The first-order valence-electron chi connectivity index (χ1n) is 12.0. The first-order valence-corrected chi connectivity index (χ1v) is 12.0. The summed E-state index contributed by atoms with van der Waals surface area (Å²) in [5.41, 5.74) is 1.31. The number of aromatic hydroxyl groups is 1. The summed E-state index contributed by atoms with van der Waals surface area (Å²) in [5, 5.41) is 21.2. The van der Waals surface area contributed by atoms with E-state index in [1.165, 1.54) is 29.8 Å². The maximum atomic E-state index is 13.3. The highest BCUT2D eigenvalue weighted by Gasteiger charge is 2.54. The largest absolute Gasteiger partial charge is 0.507 e. The van der Waals surface area contributed by atoms with Gasteiger partial charge in [0.2, 0.25) is 0 Å². The van der Waals surface area contributed by atoms with Gasteiger partial charge in [-0.25, -0.2) is 0 Å². The number of carbonyl (C=O) groups excluding carboxylic acids is 1. The second kappa shape index (κ2) is 8.26. The van der Waals surface area contributed by atoms with Crippen LogP contribution in [0.5, 0.6) is 5.75 Å². The number of aliphatic hydroxyl groups is 1. The second-order valence-electron chi connectivity index (χ2n) is 10.4. The molecule has 0 amide bonds. The minimum Gasteiger partial charge on any atom is -0.507 e. The van der Waals surface area contributed by atoms with Crippen molar-refractivity contribution in [2.45, 2.75) is 63.6 Å². The lowest BCUT2D eigenvalue weighted by atomic mass is 9.55. The Kier molecular flexibility index (Phi) is 5.63. The molecule has 2 aromatic carbocycles. The molecule has 3 nitrogen and oxygen atoms in total. The number of phenols is 1. The van der Waals surface area contributed by atoms with E-state index in [4.69, 9.17) is 0 Å². The van der Waals surface area contributed by atoms with Crippen LogP contribution >= 0.6 is 0 Å². The quantitative estimate of drug-likeness (QED) is 0.396. The van der Waals surface area contributed by atoms with Gasteiger partial charge >= 0.3 is 6.18 Å². The lowest BCUT2D eigenvalue weighted by Gasteiger charge is -2.50. The van der Waals surface area contributed by atoms with E-state index in [1.54, 1.807) is 6.07 Å². The molecular weight excluding hydrogens is 441 g/mol. The normalized spacial score (nSPS) is 30.6. The Balaban J connectivity index is 1.44. The second-order valence-corrected chi connectivity index (χ2v) is 10.4. The molecule has 0 heterocycles. The highest BCUT2D eigenvalue weighted by atomic mass is 19.4. The van der Waals surface area contributed by atoms with E-state index in [-0.39, 0.29) is 17.3 Å². The van der Waals surface area contributed by atoms with Gasteiger partial charge in [0.05, 0.1) is 11.7 Å². The zero-order valence-electron chi connectivity index (χ0n) is 19.1. The van der Waals surface area contributed by atoms with E-state index < -0.39 is 23.1 Å². The highest BCUT2D eigenvalue weighted by molar-refractivity contribution is 6.08. The Morgan fingerprint density at radius 1 is 1.12 bits per heavy atom. The molecule has 34 heavy (non-hydrogen) atoms. The molecule has 180 valence electrons. The van der Waals surface area contributed by atoms with Gasteiger partial charge in [0.1, 0.15) is 5.75 Å². The third kappa shape index (κ3) is 3.76. The minimum absolute atomic E-state index is 0.0299. The molecule has 0 spiro atoms. The molecule has 0 saturated heterocycles. The third-order valence-electron chi connectivity index (χ3n) is 8.73. The van der Waals surface area contributed by atoms with Gasteiger partial charge in [0, 0.05) is 11.1 Å². The summed E-state index contributed by atoms with van der Waals surface area (Å²) >= 11 is 0. The zero-order valence-corrected chi connectivity index (χ0v) is 19.1. The molecule has 6 heteroatoms. The molecule has 2 saturated carbocycles. The van der Waals surface area contributed by atoms with Gasteiger partial charge < -0.3 is 10.2 Å². The molecule has 2 aromatic rings. The first kappa shape index (κ1) is 23.2.